The number of carbonyl (C=O) groups excluding carboxylic acids is 1. The van der Waals surface area contributed by atoms with Crippen molar-refractivity contribution in [2.75, 3.05) is 19.7 Å². The standard InChI is InChI=1S/C16H20N2O3S/c1-2-20-16(19)12-5-7-18(8-6-12)10-13-11-22-15(17-13)14-4-3-9-21-14/h3-4,9,11-12H,2,5-8,10H2,1H3. The molecule has 0 saturated carbocycles. The summed E-state index contributed by atoms with van der Waals surface area (Å²) in [6, 6.07) is 3.80. The zero-order valence-corrected chi connectivity index (χ0v) is 13.5. The first-order valence-corrected chi connectivity index (χ1v) is 8.51. The minimum Gasteiger partial charge on any atom is -0.466 e. The number of hydrogen-bond acceptors (Lipinski definition) is 6. The molecular weight excluding hydrogens is 300 g/mol. The lowest BCUT2D eigenvalue weighted by Crippen LogP contribution is -2.36. The van der Waals surface area contributed by atoms with Crippen LogP contribution < -0.4 is 0 Å². The number of carbonyl (C=O) groups is 1. The van der Waals surface area contributed by atoms with Crippen LogP contribution in [0.5, 0.6) is 0 Å². The third-order valence-corrected chi connectivity index (χ3v) is 4.78. The Balaban J connectivity index is 1.52. The van der Waals surface area contributed by atoms with Crippen LogP contribution in [-0.2, 0) is 16.1 Å². The van der Waals surface area contributed by atoms with Gasteiger partial charge in [-0.2, -0.15) is 0 Å². The lowest BCUT2D eigenvalue weighted by Gasteiger charge is -2.30. The summed E-state index contributed by atoms with van der Waals surface area (Å²) in [5.74, 6) is 0.832. The van der Waals surface area contributed by atoms with Crippen LogP contribution in [0.2, 0.25) is 0 Å². The van der Waals surface area contributed by atoms with Crippen molar-refractivity contribution in [1.29, 1.82) is 0 Å². The largest absolute Gasteiger partial charge is 0.466 e. The number of thiazole rings is 1. The van der Waals surface area contributed by atoms with Gasteiger partial charge in [0.2, 0.25) is 0 Å². The predicted octanol–water partition coefficient (Wildman–Crippen LogP) is 3.18. The molecule has 0 aromatic carbocycles. The molecule has 0 N–H and O–H groups in total. The van der Waals surface area contributed by atoms with Gasteiger partial charge in [-0.1, -0.05) is 0 Å². The van der Waals surface area contributed by atoms with Gasteiger partial charge in [0.05, 0.1) is 24.5 Å². The lowest BCUT2D eigenvalue weighted by molar-refractivity contribution is -0.149. The Morgan fingerprint density at radius 3 is 3.00 bits per heavy atom. The molecule has 3 heterocycles. The van der Waals surface area contributed by atoms with Crippen molar-refractivity contribution in [3.63, 3.8) is 0 Å². The number of esters is 1. The highest BCUT2D eigenvalue weighted by atomic mass is 32.1. The SMILES string of the molecule is CCOC(=O)C1CCN(Cc2csc(-c3ccco3)n2)CC1. The van der Waals surface area contributed by atoms with E-state index >= 15 is 0 Å². The second kappa shape index (κ2) is 7.07. The quantitative estimate of drug-likeness (QED) is 0.792. The zero-order chi connectivity index (χ0) is 15.4. The van der Waals surface area contributed by atoms with Crippen molar-refractivity contribution in [3.8, 4) is 10.8 Å². The molecule has 118 valence electrons. The molecule has 2 aromatic rings. The average Bonchev–Trinajstić information content (AvgIpc) is 3.19. The molecule has 0 spiro atoms. The van der Waals surface area contributed by atoms with Gasteiger partial charge in [0.15, 0.2) is 10.8 Å². The summed E-state index contributed by atoms with van der Waals surface area (Å²) >= 11 is 1.60. The van der Waals surface area contributed by atoms with Gasteiger partial charge in [-0.25, -0.2) is 4.98 Å². The molecule has 1 aliphatic rings. The molecule has 22 heavy (non-hydrogen) atoms. The number of ether oxygens (including phenoxy) is 1. The van der Waals surface area contributed by atoms with Gasteiger partial charge in [-0.05, 0) is 45.0 Å². The van der Waals surface area contributed by atoms with E-state index in [0.717, 1.165) is 48.9 Å². The van der Waals surface area contributed by atoms with E-state index in [2.05, 4.69) is 15.3 Å². The maximum absolute atomic E-state index is 11.7. The van der Waals surface area contributed by atoms with E-state index in [1.54, 1.807) is 17.6 Å². The third kappa shape index (κ3) is 3.56. The summed E-state index contributed by atoms with van der Waals surface area (Å²) in [5.41, 5.74) is 1.06. The van der Waals surface area contributed by atoms with Gasteiger partial charge in [-0.3, -0.25) is 9.69 Å². The maximum Gasteiger partial charge on any atom is 0.309 e. The summed E-state index contributed by atoms with van der Waals surface area (Å²) in [7, 11) is 0. The zero-order valence-electron chi connectivity index (χ0n) is 12.7. The summed E-state index contributed by atoms with van der Waals surface area (Å²) in [6.07, 6.45) is 3.40. The van der Waals surface area contributed by atoms with Crippen molar-refractivity contribution < 1.29 is 13.9 Å². The topological polar surface area (TPSA) is 55.6 Å². The predicted molar refractivity (Wildman–Crippen MR) is 84.5 cm³/mol. The van der Waals surface area contributed by atoms with Crippen molar-refractivity contribution >= 4 is 17.3 Å². The van der Waals surface area contributed by atoms with Gasteiger partial charge in [-0.15, -0.1) is 11.3 Å². The van der Waals surface area contributed by atoms with Crippen LogP contribution >= 0.6 is 11.3 Å². The minimum absolute atomic E-state index is 0.0455. The maximum atomic E-state index is 11.7. The molecule has 0 unspecified atom stereocenters. The first kappa shape index (κ1) is 15.2. The van der Waals surface area contributed by atoms with E-state index in [1.807, 2.05) is 19.1 Å². The Morgan fingerprint density at radius 1 is 1.50 bits per heavy atom. The Hall–Kier alpha value is -1.66. The molecule has 1 aliphatic heterocycles. The Kier molecular flexibility index (Phi) is 4.90. The molecule has 1 saturated heterocycles. The summed E-state index contributed by atoms with van der Waals surface area (Å²) in [5, 5.41) is 3.00. The van der Waals surface area contributed by atoms with E-state index in [4.69, 9.17) is 9.15 Å². The molecule has 3 rings (SSSR count). The van der Waals surface area contributed by atoms with E-state index in [1.165, 1.54) is 0 Å². The van der Waals surface area contributed by atoms with Crippen molar-refractivity contribution in [2.45, 2.75) is 26.3 Å². The normalized spacial score (nSPS) is 16.8. The summed E-state index contributed by atoms with van der Waals surface area (Å²) in [6.45, 7) is 4.97. The second-order valence-electron chi connectivity index (χ2n) is 5.42. The van der Waals surface area contributed by atoms with Crippen LogP contribution in [-0.4, -0.2) is 35.5 Å². The van der Waals surface area contributed by atoms with Crippen LogP contribution in [0, 0.1) is 5.92 Å². The molecule has 2 aromatic heterocycles. The highest BCUT2D eigenvalue weighted by molar-refractivity contribution is 7.13. The highest BCUT2D eigenvalue weighted by Gasteiger charge is 2.26. The highest BCUT2D eigenvalue weighted by Crippen LogP contribution is 2.26. The fourth-order valence-electron chi connectivity index (χ4n) is 2.71. The number of hydrogen-bond donors (Lipinski definition) is 0. The molecule has 0 atom stereocenters. The fourth-order valence-corrected chi connectivity index (χ4v) is 3.49. The van der Waals surface area contributed by atoms with Gasteiger partial charge >= 0.3 is 5.97 Å². The number of piperidine rings is 1. The number of rotatable bonds is 5. The van der Waals surface area contributed by atoms with Crippen LogP contribution in [0.15, 0.2) is 28.2 Å². The molecule has 0 aliphatic carbocycles. The summed E-state index contributed by atoms with van der Waals surface area (Å²) < 4.78 is 10.5. The number of furan rings is 1. The van der Waals surface area contributed by atoms with Crippen molar-refractivity contribution in [2.24, 2.45) is 5.92 Å². The molecule has 0 amide bonds. The van der Waals surface area contributed by atoms with Gasteiger partial charge in [0.1, 0.15) is 0 Å². The van der Waals surface area contributed by atoms with Crippen LogP contribution in [0.3, 0.4) is 0 Å². The smallest absolute Gasteiger partial charge is 0.309 e. The molecule has 5 nitrogen and oxygen atoms in total. The third-order valence-electron chi connectivity index (χ3n) is 3.88. The van der Waals surface area contributed by atoms with Crippen molar-refractivity contribution in [1.82, 2.24) is 9.88 Å². The molecule has 1 fully saturated rings. The van der Waals surface area contributed by atoms with E-state index in [9.17, 15) is 4.79 Å². The number of likely N-dealkylation sites (tertiary alicyclic amines) is 1. The van der Waals surface area contributed by atoms with E-state index < -0.39 is 0 Å². The first-order valence-electron chi connectivity index (χ1n) is 7.63. The van der Waals surface area contributed by atoms with Gasteiger partial charge in [0.25, 0.3) is 0 Å². The van der Waals surface area contributed by atoms with Gasteiger partial charge in [0, 0.05) is 11.9 Å². The average molecular weight is 320 g/mol. The fraction of sp³-hybridized carbons (Fsp3) is 0.500. The molecule has 0 radical (unpaired) electrons. The Morgan fingerprint density at radius 2 is 2.32 bits per heavy atom. The Labute approximate surface area is 133 Å². The first-order chi connectivity index (χ1) is 10.8. The van der Waals surface area contributed by atoms with Crippen LogP contribution in [0.1, 0.15) is 25.5 Å². The van der Waals surface area contributed by atoms with Gasteiger partial charge < -0.3 is 9.15 Å². The Bertz CT molecular complexity index is 601. The lowest BCUT2D eigenvalue weighted by atomic mass is 9.97. The summed E-state index contributed by atoms with van der Waals surface area (Å²) in [4.78, 5) is 18.7. The molecule has 6 heteroatoms. The van der Waals surface area contributed by atoms with E-state index in [-0.39, 0.29) is 11.9 Å². The van der Waals surface area contributed by atoms with Crippen LogP contribution in [0.4, 0.5) is 0 Å². The number of aromatic nitrogens is 1. The monoisotopic (exact) mass is 320 g/mol. The molecular formula is C16H20N2O3S. The minimum atomic E-state index is -0.0455. The number of nitrogens with zero attached hydrogens (tertiary/aromatic N) is 2. The molecule has 0 bridgehead atoms. The van der Waals surface area contributed by atoms with Crippen molar-refractivity contribution in [3.05, 3.63) is 29.5 Å². The van der Waals surface area contributed by atoms with Crippen LogP contribution in [0.25, 0.3) is 10.8 Å². The second-order valence-corrected chi connectivity index (χ2v) is 6.28. The van der Waals surface area contributed by atoms with E-state index in [0.29, 0.717) is 6.61 Å².